The van der Waals surface area contributed by atoms with Crippen LogP contribution in [0, 0.1) is 5.92 Å². The summed E-state index contributed by atoms with van der Waals surface area (Å²) >= 11 is 0. The van der Waals surface area contributed by atoms with Crippen LogP contribution in [-0.2, 0) is 16.4 Å². The minimum absolute atomic E-state index is 0.242. The first-order valence-corrected chi connectivity index (χ1v) is 10.4. The summed E-state index contributed by atoms with van der Waals surface area (Å²) in [6.07, 6.45) is 4.33. The molecule has 1 atom stereocenters. The molecule has 1 aromatic heterocycles. The summed E-state index contributed by atoms with van der Waals surface area (Å²) in [6, 6.07) is 6.94. The van der Waals surface area contributed by atoms with E-state index in [1.807, 2.05) is 0 Å². The lowest BCUT2D eigenvalue weighted by Gasteiger charge is -2.32. The Labute approximate surface area is 155 Å². The molecule has 1 aliphatic heterocycles. The van der Waals surface area contributed by atoms with Crippen molar-refractivity contribution in [3.8, 4) is 5.75 Å². The molecule has 1 aromatic carbocycles. The maximum absolute atomic E-state index is 13.0. The molecule has 0 aliphatic carbocycles. The highest BCUT2D eigenvalue weighted by Gasteiger charge is 2.31. The Morgan fingerprint density at radius 3 is 2.88 bits per heavy atom. The number of benzene rings is 1. The molecule has 142 valence electrons. The van der Waals surface area contributed by atoms with E-state index in [1.54, 1.807) is 34.9 Å². The highest BCUT2D eigenvalue weighted by molar-refractivity contribution is 7.89. The average molecular weight is 378 g/mol. The summed E-state index contributed by atoms with van der Waals surface area (Å²) in [5, 5.41) is 8.24. The van der Waals surface area contributed by atoms with Crippen LogP contribution in [0.4, 0.5) is 0 Å². The Hall–Kier alpha value is -1.93. The molecule has 3 rings (SSSR count). The van der Waals surface area contributed by atoms with Crippen molar-refractivity contribution in [2.24, 2.45) is 5.92 Å². The molecule has 0 N–H and O–H groups in total. The van der Waals surface area contributed by atoms with Crippen molar-refractivity contribution in [1.29, 1.82) is 0 Å². The number of hydrogen-bond acceptors (Lipinski definition) is 5. The lowest BCUT2D eigenvalue weighted by Crippen LogP contribution is -2.40. The monoisotopic (exact) mass is 378 g/mol. The van der Waals surface area contributed by atoms with Crippen LogP contribution < -0.4 is 4.74 Å². The average Bonchev–Trinajstić information content (AvgIpc) is 3.10. The Kier molecular flexibility index (Phi) is 5.62. The van der Waals surface area contributed by atoms with Crippen molar-refractivity contribution in [1.82, 2.24) is 19.1 Å². The maximum Gasteiger partial charge on any atom is 0.243 e. The standard InChI is InChI=1S/C18H26N4O3S/c1-14(2)22-13-19-20-18(22)10-15-6-5-9-21(12-15)26(23,24)17-8-4-7-16(11-17)25-3/h4,7-8,11,13-15H,5-6,9-10,12H2,1-3H3. The Balaban J connectivity index is 1.76. The minimum Gasteiger partial charge on any atom is -0.497 e. The number of hydrogen-bond donors (Lipinski definition) is 0. The van der Waals surface area contributed by atoms with Crippen LogP contribution in [0.2, 0.25) is 0 Å². The molecule has 1 unspecified atom stereocenters. The Bertz CT molecular complexity index is 848. The van der Waals surface area contributed by atoms with Gasteiger partial charge in [-0.25, -0.2) is 8.42 Å². The van der Waals surface area contributed by atoms with Gasteiger partial charge in [-0.3, -0.25) is 0 Å². The van der Waals surface area contributed by atoms with Crippen LogP contribution in [0.25, 0.3) is 0 Å². The van der Waals surface area contributed by atoms with Crippen LogP contribution in [0.1, 0.15) is 38.6 Å². The van der Waals surface area contributed by atoms with Gasteiger partial charge >= 0.3 is 0 Å². The molecule has 0 saturated carbocycles. The van der Waals surface area contributed by atoms with E-state index in [1.165, 1.54) is 7.11 Å². The first-order valence-electron chi connectivity index (χ1n) is 8.94. The van der Waals surface area contributed by atoms with E-state index >= 15 is 0 Å². The van der Waals surface area contributed by atoms with Crippen molar-refractivity contribution < 1.29 is 13.2 Å². The first-order chi connectivity index (χ1) is 12.4. The number of rotatable bonds is 6. The van der Waals surface area contributed by atoms with Gasteiger partial charge in [0.2, 0.25) is 10.0 Å². The van der Waals surface area contributed by atoms with Gasteiger partial charge in [0, 0.05) is 31.6 Å². The molecule has 26 heavy (non-hydrogen) atoms. The van der Waals surface area contributed by atoms with E-state index in [0.717, 1.165) is 25.1 Å². The third-order valence-corrected chi connectivity index (χ3v) is 6.70. The van der Waals surface area contributed by atoms with E-state index in [0.29, 0.717) is 24.9 Å². The molecule has 0 bridgehead atoms. The number of methoxy groups -OCH3 is 1. The predicted octanol–water partition coefficient (Wildman–Crippen LogP) is 2.51. The number of sulfonamides is 1. The minimum atomic E-state index is -3.52. The van der Waals surface area contributed by atoms with E-state index in [2.05, 4.69) is 28.6 Å². The van der Waals surface area contributed by atoms with Gasteiger partial charge in [0.15, 0.2) is 0 Å². The second-order valence-corrected chi connectivity index (χ2v) is 8.94. The molecule has 1 saturated heterocycles. The highest BCUT2D eigenvalue weighted by atomic mass is 32.2. The van der Waals surface area contributed by atoms with Gasteiger partial charge in [0.25, 0.3) is 0 Å². The second-order valence-electron chi connectivity index (χ2n) is 7.00. The van der Waals surface area contributed by atoms with Gasteiger partial charge < -0.3 is 9.30 Å². The first kappa shape index (κ1) is 18.8. The summed E-state index contributed by atoms with van der Waals surface area (Å²) in [5.41, 5.74) is 0. The fourth-order valence-electron chi connectivity index (χ4n) is 3.42. The summed E-state index contributed by atoms with van der Waals surface area (Å²) < 4.78 is 34.8. The van der Waals surface area contributed by atoms with Crippen LogP contribution in [0.3, 0.4) is 0 Å². The summed E-state index contributed by atoms with van der Waals surface area (Å²) in [6.45, 7) is 5.23. The molecular weight excluding hydrogens is 352 g/mol. The maximum atomic E-state index is 13.0. The van der Waals surface area contributed by atoms with Crippen LogP contribution >= 0.6 is 0 Å². The summed E-state index contributed by atoms with van der Waals surface area (Å²) in [5.74, 6) is 1.71. The van der Waals surface area contributed by atoms with Gasteiger partial charge in [-0.05, 0) is 44.7 Å². The number of piperidine rings is 1. The number of nitrogens with zero attached hydrogens (tertiary/aromatic N) is 4. The lowest BCUT2D eigenvalue weighted by molar-refractivity contribution is 0.260. The smallest absolute Gasteiger partial charge is 0.243 e. The molecule has 1 aliphatic rings. The Morgan fingerprint density at radius 1 is 1.35 bits per heavy atom. The van der Waals surface area contributed by atoms with Crippen molar-refractivity contribution in [3.05, 3.63) is 36.4 Å². The molecular formula is C18H26N4O3S. The van der Waals surface area contributed by atoms with Crippen molar-refractivity contribution >= 4 is 10.0 Å². The van der Waals surface area contributed by atoms with Crippen LogP contribution in [-0.4, -0.2) is 47.7 Å². The van der Waals surface area contributed by atoms with Gasteiger partial charge in [-0.1, -0.05) is 6.07 Å². The molecule has 8 heteroatoms. The molecule has 0 radical (unpaired) electrons. The zero-order valence-electron chi connectivity index (χ0n) is 15.5. The molecule has 2 heterocycles. The molecule has 2 aromatic rings. The topological polar surface area (TPSA) is 77.3 Å². The lowest BCUT2D eigenvalue weighted by atomic mass is 9.96. The highest BCUT2D eigenvalue weighted by Crippen LogP contribution is 2.27. The van der Waals surface area contributed by atoms with Crippen molar-refractivity contribution in [2.75, 3.05) is 20.2 Å². The molecule has 0 spiro atoms. The summed E-state index contributed by atoms with van der Waals surface area (Å²) in [7, 11) is -1.99. The van der Waals surface area contributed by atoms with E-state index in [9.17, 15) is 8.42 Å². The number of ether oxygens (including phenoxy) is 1. The van der Waals surface area contributed by atoms with Gasteiger partial charge in [-0.15, -0.1) is 10.2 Å². The van der Waals surface area contributed by atoms with Crippen LogP contribution in [0.5, 0.6) is 5.75 Å². The Morgan fingerprint density at radius 2 is 2.15 bits per heavy atom. The summed E-state index contributed by atoms with van der Waals surface area (Å²) in [4.78, 5) is 0.280. The van der Waals surface area contributed by atoms with E-state index in [4.69, 9.17) is 4.74 Å². The fourth-order valence-corrected chi connectivity index (χ4v) is 5.01. The molecule has 0 amide bonds. The SMILES string of the molecule is COc1cccc(S(=O)(=O)N2CCCC(Cc3nncn3C(C)C)C2)c1. The van der Waals surface area contributed by atoms with E-state index in [-0.39, 0.29) is 10.8 Å². The largest absolute Gasteiger partial charge is 0.497 e. The van der Waals surface area contributed by atoms with Gasteiger partial charge in [-0.2, -0.15) is 4.31 Å². The normalized spacial score (nSPS) is 19.0. The second kappa shape index (κ2) is 7.75. The third-order valence-electron chi connectivity index (χ3n) is 4.84. The van der Waals surface area contributed by atoms with Gasteiger partial charge in [0.1, 0.15) is 17.9 Å². The van der Waals surface area contributed by atoms with Crippen LogP contribution in [0.15, 0.2) is 35.5 Å². The number of aromatic nitrogens is 3. The third kappa shape index (κ3) is 3.91. The fraction of sp³-hybridized carbons (Fsp3) is 0.556. The van der Waals surface area contributed by atoms with Crippen molar-refractivity contribution in [2.45, 2.75) is 44.0 Å². The quantitative estimate of drug-likeness (QED) is 0.772. The van der Waals surface area contributed by atoms with Gasteiger partial charge in [0.05, 0.1) is 12.0 Å². The zero-order valence-corrected chi connectivity index (χ0v) is 16.3. The van der Waals surface area contributed by atoms with E-state index < -0.39 is 10.0 Å². The molecule has 1 fully saturated rings. The predicted molar refractivity (Wildman–Crippen MR) is 98.6 cm³/mol. The zero-order chi connectivity index (χ0) is 18.7. The van der Waals surface area contributed by atoms with Crippen molar-refractivity contribution in [3.63, 3.8) is 0 Å². The molecule has 7 nitrogen and oxygen atoms in total.